The lowest BCUT2D eigenvalue weighted by molar-refractivity contribution is 0.0695. The number of aromatic carboxylic acids is 1. The molecule has 0 aliphatic carbocycles. The number of carboxylic acids is 1. The molecule has 0 atom stereocenters. The van der Waals surface area contributed by atoms with Crippen LogP contribution in [0.1, 0.15) is 26.3 Å². The summed E-state index contributed by atoms with van der Waals surface area (Å²) in [6.07, 6.45) is 0. The van der Waals surface area contributed by atoms with Crippen LogP contribution < -0.4 is 0 Å². The number of benzene rings is 2. The van der Waals surface area contributed by atoms with Gasteiger partial charge in [-0.1, -0.05) is 30.3 Å². The zero-order valence-electron chi connectivity index (χ0n) is 11.1. The Morgan fingerprint density at radius 2 is 1.50 bits per heavy atom. The predicted octanol–water partition coefficient (Wildman–Crippen LogP) is 2.66. The number of carbonyl (C=O) groups is 2. The van der Waals surface area contributed by atoms with Gasteiger partial charge in [0.15, 0.2) is 0 Å². The maximum absolute atomic E-state index is 12.2. The Bertz CT molecular complexity index is 605. The molecule has 0 unspecified atom stereocenters. The van der Waals surface area contributed by atoms with Crippen LogP contribution in [0.15, 0.2) is 54.6 Å². The molecule has 0 aromatic heterocycles. The Labute approximate surface area is 117 Å². The van der Waals surface area contributed by atoms with E-state index in [1.165, 1.54) is 24.3 Å². The van der Waals surface area contributed by atoms with E-state index in [0.29, 0.717) is 12.1 Å². The van der Waals surface area contributed by atoms with Crippen molar-refractivity contribution < 1.29 is 14.7 Å². The first-order valence-corrected chi connectivity index (χ1v) is 6.20. The van der Waals surface area contributed by atoms with Crippen molar-refractivity contribution in [3.05, 3.63) is 71.3 Å². The fraction of sp³-hybridized carbons (Fsp3) is 0.125. The summed E-state index contributed by atoms with van der Waals surface area (Å²) in [6.45, 7) is 0.514. The first-order chi connectivity index (χ1) is 9.58. The van der Waals surface area contributed by atoms with Crippen molar-refractivity contribution in [2.75, 3.05) is 7.05 Å². The highest BCUT2D eigenvalue weighted by Crippen LogP contribution is 2.10. The van der Waals surface area contributed by atoms with Gasteiger partial charge >= 0.3 is 5.97 Å². The van der Waals surface area contributed by atoms with Gasteiger partial charge in [0.05, 0.1) is 5.56 Å². The maximum Gasteiger partial charge on any atom is 0.335 e. The van der Waals surface area contributed by atoms with Crippen molar-refractivity contribution in [2.45, 2.75) is 6.54 Å². The van der Waals surface area contributed by atoms with Crippen LogP contribution in [-0.2, 0) is 6.54 Å². The van der Waals surface area contributed by atoms with Crippen LogP contribution in [0, 0.1) is 0 Å². The molecule has 0 aliphatic heterocycles. The molecule has 4 heteroatoms. The molecular weight excluding hydrogens is 254 g/mol. The van der Waals surface area contributed by atoms with Gasteiger partial charge in [-0.05, 0) is 29.8 Å². The summed E-state index contributed by atoms with van der Waals surface area (Å²) in [7, 11) is 1.72. The standard InChI is InChI=1S/C16H15NO3/c1-17(11-12-5-3-2-4-6-12)15(18)13-7-9-14(10-8-13)16(19)20/h2-10H,11H2,1H3,(H,19,20). The third-order valence-corrected chi connectivity index (χ3v) is 2.99. The zero-order valence-corrected chi connectivity index (χ0v) is 11.1. The van der Waals surface area contributed by atoms with E-state index >= 15 is 0 Å². The minimum absolute atomic E-state index is 0.134. The highest BCUT2D eigenvalue weighted by atomic mass is 16.4. The molecule has 20 heavy (non-hydrogen) atoms. The van der Waals surface area contributed by atoms with Gasteiger partial charge in [0, 0.05) is 19.2 Å². The van der Waals surface area contributed by atoms with Crippen molar-refractivity contribution in [3.63, 3.8) is 0 Å². The SMILES string of the molecule is CN(Cc1ccccc1)C(=O)c1ccc(C(=O)O)cc1. The number of hydrogen-bond donors (Lipinski definition) is 1. The summed E-state index contributed by atoms with van der Waals surface area (Å²) in [5, 5.41) is 8.82. The lowest BCUT2D eigenvalue weighted by Crippen LogP contribution is -2.26. The molecular formula is C16H15NO3. The minimum Gasteiger partial charge on any atom is -0.478 e. The van der Waals surface area contributed by atoms with E-state index in [2.05, 4.69) is 0 Å². The molecule has 0 saturated heterocycles. The van der Waals surface area contributed by atoms with Gasteiger partial charge in [0.1, 0.15) is 0 Å². The van der Waals surface area contributed by atoms with E-state index in [1.54, 1.807) is 11.9 Å². The van der Waals surface area contributed by atoms with Gasteiger partial charge < -0.3 is 10.0 Å². The number of carboxylic acid groups (broad SMARTS) is 1. The van der Waals surface area contributed by atoms with Crippen molar-refractivity contribution in [2.24, 2.45) is 0 Å². The average molecular weight is 269 g/mol. The van der Waals surface area contributed by atoms with E-state index in [9.17, 15) is 9.59 Å². The predicted molar refractivity (Wildman–Crippen MR) is 75.6 cm³/mol. The Hall–Kier alpha value is -2.62. The second kappa shape index (κ2) is 6.02. The Balaban J connectivity index is 2.08. The van der Waals surface area contributed by atoms with Gasteiger partial charge in [0.25, 0.3) is 5.91 Å². The summed E-state index contributed by atoms with van der Waals surface area (Å²) in [5.41, 5.74) is 1.70. The molecule has 1 amide bonds. The highest BCUT2D eigenvalue weighted by molar-refractivity contribution is 5.95. The molecule has 1 N–H and O–H groups in total. The molecule has 0 heterocycles. The van der Waals surface area contributed by atoms with E-state index < -0.39 is 5.97 Å². The molecule has 2 aromatic carbocycles. The van der Waals surface area contributed by atoms with Crippen LogP contribution in [0.5, 0.6) is 0 Å². The number of carbonyl (C=O) groups excluding carboxylic acids is 1. The molecule has 0 saturated carbocycles. The van der Waals surface area contributed by atoms with Crippen LogP contribution in [0.3, 0.4) is 0 Å². The largest absolute Gasteiger partial charge is 0.478 e. The molecule has 0 aliphatic rings. The summed E-state index contributed by atoms with van der Waals surface area (Å²) in [5.74, 6) is -1.13. The van der Waals surface area contributed by atoms with Crippen LogP contribution in [-0.4, -0.2) is 28.9 Å². The van der Waals surface area contributed by atoms with Crippen molar-refractivity contribution >= 4 is 11.9 Å². The normalized spacial score (nSPS) is 10.1. The minimum atomic E-state index is -0.998. The van der Waals surface area contributed by atoms with Crippen LogP contribution >= 0.6 is 0 Å². The molecule has 2 rings (SSSR count). The number of nitrogens with zero attached hydrogens (tertiary/aromatic N) is 1. The number of amides is 1. The average Bonchev–Trinajstić information content (AvgIpc) is 2.47. The third kappa shape index (κ3) is 3.23. The van der Waals surface area contributed by atoms with Crippen molar-refractivity contribution in [1.29, 1.82) is 0 Å². The van der Waals surface area contributed by atoms with Crippen LogP contribution in [0.4, 0.5) is 0 Å². The summed E-state index contributed by atoms with van der Waals surface area (Å²) in [4.78, 5) is 24.6. The first kappa shape index (κ1) is 13.8. The molecule has 0 radical (unpaired) electrons. The van der Waals surface area contributed by atoms with E-state index in [1.807, 2.05) is 30.3 Å². The van der Waals surface area contributed by atoms with Gasteiger partial charge in [-0.2, -0.15) is 0 Å². The molecule has 4 nitrogen and oxygen atoms in total. The van der Waals surface area contributed by atoms with E-state index in [-0.39, 0.29) is 11.5 Å². The van der Waals surface area contributed by atoms with E-state index in [4.69, 9.17) is 5.11 Å². The summed E-state index contributed by atoms with van der Waals surface area (Å²) in [6, 6.07) is 15.6. The van der Waals surface area contributed by atoms with Crippen LogP contribution in [0.2, 0.25) is 0 Å². The number of hydrogen-bond acceptors (Lipinski definition) is 2. The molecule has 0 fully saturated rings. The Morgan fingerprint density at radius 1 is 0.950 bits per heavy atom. The fourth-order valence-corrected chi connectivity index (χ4v) is 1.90. The molecule has 0 spiro atoms. The molecule has 102 valence electrons. The second-order valence-corrected chi connectivity index (χ2v) is 4.53. The Kier molecular flexibility index (Phi) is 4.15. The summed E-state index contributed by atoms with van der Waals surface area (Å²) >= 11 is 0. The topological polar surface area (TPSA) is 57.6 Å². The van der Waals surface area contributed by atoms with Crippen LogP contribution in [0.25, 0.3) is 0 Å². The first-order valence-electron chi connectivity index (χ1n) is 6.20. The highest BCUT2D eigenvalue weighted by Gasteiger charge is 2.12. The zero-order chi connectivity index (χ0) is 14.5. The molecule has 2 aromatic rings. The van der Waals surface area contributed by atoms with Gasteiger partial charge in [0.2, 0.25) is 0 Å². The lowest BCUT2D eigenvalue weighted by atomic mass is 10.1. The quantitative estimate of drug-likeness (QED) is 0.928. The van der Waals surface area contributed by atoms with E-state index in [0.717, 1.165) is 5.56 Å². The van der Waals surface area contributed by atoms with Crippen molar-refractivity contribution in [1.82, 2.24) is 4.90 Å². The maximum atomic E-state index is 12.2. The fourth-order valence-electron chi connectivity index (χ4n) is 1.90. The Morgan fingerprint density at radius 3 is 2.05 bits per heavy atom. The third-order valence-electron chi connectivity index (χ3n) is 2.99. The van der Waals surface area contributed by atoms with Gasteiger partial charge in [-0.15, -0.1) is 0 Å². The van der Waals surface area contributed by atoms with Gasteiger partial charge in [-0.25, -0.2) is 4.79 Å². The molecule has 0 bridgehead atoms. The number of rotatable bonds is 4. The lowest BCUT2D eigenvalue weighted by Gasteiger charge is -2.17. The summed E-state index contributed by atoms with van der Waals surface area (Å²) < 4.78 is 0. The second-order valence-electron chi connectivity index (χ2n) is 4.53. The smallest absolute Gasteiger partial charge is 0.335 e. The monoisotopic (exact) mass is 269 g/mol. The van der Waals surface area contributed by atoms with Gasteiger partial charge in [-0.3, -0.25) is 4.79 Å². The van der Waals surface area contributed by atoms with Crippen molar-refractivity contribution in [3.8, 4) is 0 Å².